The number of fused-ring (bicyclic) bond motifs is 1. The molecule has 1 aromatic rings. The first-order chi connectivity index (χ1) is 11.5. The number of hydrogen-bond donors (Lipinski definition) is 2. The van der Waals surface area contributed by atoms with E-state index in [0.717, 1.165) is 4.90 Å². The van der Waals surface area contributed by atoms with Crippen LogP contribution in [0.15, 0.2) is 24.3 Å². The highest BCUT2D eigenvalue weighted by Gasteiger charge is 2.34. The quantitative estimate of drug-likeness (QED) is 0.531. The predicted molar refractivity (Wildman–Crippen MR) is 82.7 cm³/mol. The number of rotatable bonds is 7. The lowest BCUT2D eigenvalue weighted by Gasteiger charge is -2.13. The average molecular weight is 328 g/mol. The number of carbonyl (C=O) groups excluding carboxylic acids is 4. The van der Waals surface area contributed by atoms with Gasteiger partial charge in [0.25, 0.3) is 11.8 Å². The SMILES string of the molecule is N#CCC(=O)NCCNC(=O)CCN1C(=O)c2ccccc2C1=O. The van der Waals surface area contributed by atoms with Gasteiger partial charge in [0.1, 0.15) is 6.42 Å². The summed E-state index contributed by atoms with van der Waals surface area (Å²) in [5.74, 6) is -1.53. The summed E-state index contributed by atoms with van der Waals surface area (Å²) in [5, 5.41) is 13.4. The maximum atomic E-state index is 12.1. The van der Waals surface area contributed by atoms with Gasteiger partial charge in [0.15, 0.2) is 0 Å². The summed E-state index contributed by atoms with van der Waals surface area (Å²) in [6, 6.07) is 8.24. The second-order valence-electron chi connectivity index (χ2n) is 5.09. The molecule has 0 unspecified atom stereocenters. The van der Waals surface area contributed by atoms with Crippen molar-refractivity contribution in [2.45, 2.75) is 12.8 Å². The molecule has 0 saturated carbocycles. The van der Waals surface area contributed by atoms with Crippen LogP contribution in [0.3, 0.4) is 0 Å². The topological polar surface area (TPSA) is 119 Å². The van der Waals surface area contributed by atoms with Gasteiger partial charge in [0.2, 0.25) is 11.8 Å². The predicted octanol–water partition coefficient (Wildman–Crippen LogP) is -0.181. The van der Waals surface area contributed by atoms with Crippen LogP contribution in [0.4, 0.5) is 0 Å². The summed E-state index contributed by atoms with van der Waals surface area (Å²) in [6.45, 7) is 0.413. The van der Waals surface area contributed by atoms with Crippen LogP contribution in [0.1, 0.15) is 33.6 Å². The molecular weight excluding hydrogens is 312 g/mol. The van der Waals surface area contributed by atoms with E-state index in [1.54, 1.807) is 30.3 Å². The molecule has 1 aliphatic rings. The molecule has 2 N–H and O–H groups in total. The Morgan fingerprint density at radius 3 is 2.08 bits per heavy atom. The van der Waals surface area contributed by atoms with Crippen molar-refractivity contribution >= 4 is 23.6 Å². The monoisotopic (exact) mass is 328 g/mol. The van der Waals surface area contributed by atoms with Crippen LogP contribution < -0.4 is 10.6 Å². The Morgan fingerprint density at radius 2 is 1.54 bits per heavy atom. The maximum Gasteiger partial charge on any atom is 0.261 e. The molecule has 8 heteroatoms. The zero-order valence-corrected chi connectivity index (χ0v) is 12.9. The summed E-state index contributed by atoms with van der Waals surface area (Å²) in [5.41, 5.74) is 0.700. The number of nitrogens with one attached hydrogen (secondary N) is 2. The van der Waals surface area contributed by atoms with E-state index in [2.05, 4.69) is 10.6 Å². The first kappa shape index (κ1) is 17.1. The number of hydrogen-bond acceptors (Lipinski definition) is 5. The van der Waals surface area contributed by atoms with Crippen LogP contribution in [0.5, 0.6) is 0 Å². The first-order valence-corrected chi connectivity index (χ1v) is 7.40. The van der Waals surface area contributed by atoms with Crippen molar-refractivity contribution < 1.29 is 19.2 Å². The van der Waals surface area contributed by atoms with Gasteiger partial charge in [-0.2, -0.15) is 5.26 Å². The van der Waals surface area contributed by atoms with Crippen molar-refractivity contribution in [1.82, 2.24) is 15.5 Å². The molecule has 0 spiro atoms. The Morgan fingerprint density at radius 1 is 1.00 bits per heavy atom. The summed E-state index contributed by atoms with van der Waals surface area (Å²) < 4.78 is 0. The van der Waals surface area contributed by atoms with Crippen LogP contribution in [-0.4, -0.2) is 48.2 Å². The highest BCUT2D eigenvalue weighted by Crippen LogP contribution is 2.22. The molecular formula is C16H16N4O4. The van der Waals surface area contributed by atoms with Crippen LogP contribution in [0, 0.1) is 11.3 Å². The van der Waals surface area contributed by atoms with Crippen LogP contribution in [0.2, 0.25) is 0 Å². The minimum atomic E-state index is -0.405. The van der Waals surface area contributed by atoms with E-state index in [1.807, 2.05) is 0 Å². The maximum absolute atomic E-state index is 12.1. The Hall–Kier alpha value is -3.21. The fourth-order valence-electron chi connectivity index (χ4n) is 2.28. The Kier molecular flexibility index (Phi) is 5.63. The molecule has 1 aliphatic heterocycles. The first-order valence-electron chi connectivity index (χ1n) is 7.40. The summed E-state index contributed by atoms with van der Waals surface area (Å²) in [4.78, 5) is 48.1. The van der Waals surface area contributed by atoms with Gasteiger partial charge >= 0.3 is 0 Å². The van der Waals surface area contributed by atoms with Gasteiger partial charge in [0.05, 0.1) is 17.2 Å². The van der Waals surface area contributed by atoms with E-state index in [1.165, 1.54) is 0 Å². The third kappa shape index (κ3) is 3.95. The summed E-state index contributed by atoms with van der Waals surface area (Å²) in [6.07, 6.45) is -0.245. The summed E-state index contributed by atoms with van der Waals surface area (Å²) in [7, 11) is 0. The van der Waals surface area contributed by atoms with Crippen LogP contribution in [-0.2, 0) is 9.59 Å². The van der Waals surface area contributed by atoms with Gasteiger partial charge in [0, 0.05) is 26.1 Å². The molecule has 0 saturated heterocycles. The lowest BCUT2D eigenvalue weighted by atomic mass is 10.1. The number of nitriles is 1. The molecule has 1 aromatic carbocycles. The lowest BCUT2D eigenvalue weighted by molar-refractivity contribution is -0.122. The number of benzene rings is 1. The van der Waals surface area contributed by atoms with E-state index in [0.29, 0.717) is 11.1 Å². The molecule has 24 heavy (non-hydrogen) atoms. The molecule has 124 valence electrons. The second kappa shape index (κ2) is 7.87. The third-order valence-corrected chi connectivity index (χ3v) is 3.45. The van der Waals surface area contributed by atoms with Crippen LogP contribution >= 0.6 is 0 Å². The van der Waals surface area contributed by atoms with Crippen molar-refractivity contribution in [3.8, 4) is 6.07 Å². The van der Waals surface area contributed by atoms with Gasteiger partial charge in [-0.05, 0) is 12.1 Å². The van der Waals surface area contributed by atoms with Gasteiger partial charge in [-0.3, -0.25) is 24.1 Å². The fourth-order valence-corrected chi connectivity index (χ4v) is 2.28. The minimum absolute atomic E-state index is 0.00102. The number of carbonyl (C=O) groups is 4. The van der Waals surface area contributed by atoms with Crippen molar-refractivity contribution in [3.05, 3.63) is 35.4 Å². The van der Waals surface area contributed by atoms with Crippen molar-refractivity contribution in [3.63, 3.8) is 0 Å². The van der Waals surface area contributed by atoms with E-state index in [4.69, 9.17) is 5.26 Å². The zero-order valence-electron chi connectivity index (χ0n) is 12.9. The Balaban J connectivity index is 1.73. The molecule has 0 atom stereocenters. The van der Waals surface area contributed by atoms with Gasteiger partial charge in [-0.15, -0.1) is 0 Å². The third-order valence-electron chi connectivity index (χ3n) is 3.45. The number of nitrogens with zero attached hydrogens (tertiary/aromatic N) is 2. The molecule has 1 heterocycles. The Labute approximate surface area is 138 Å². The standard InChI is InChI=1S/C16H16N4O4/c17-7-5-13(21)18-8-9-19-14(22)6-10-20-15(23)11-3-1-2-4-12(11)16(20)24/h1-4H,5-6,8-10H2,(H,18,21)(H,19,22). The number of amides is 4. The molecule has 2 rings (SSSR count). The van der Waals surface area contributed by atoms with Crippen LogP contribution in [0.25, 0.3) is 0 Å². The largest absolute Gasteiger partial charge is 0.354 e. The molecule has 0 bridgehead atoms. The normalized spacial score (nSPS) is 12.5. The van der Waals surface area contributed by atoms with Crippen molar-refractivity contribution in [2.75, 3.05) is 19.6 Å². The van der Waals surface area contributed by atoms with E-state index in [9.17, 15) is 19.2 Å². The molecule has 0 fully saturated rings. The van der Waals surface area contributed by atoms with E-state index >= 15 is 0 Å². The lowest BCUT2D eigenvalue weighted by Crippen LogP contribution is -2.37. The van der Waals surface area contributed by atoms with Crippen molar-refractivity contribution in [2.24, 2.45) is 0 Å². The van der Waals surface area contributed by atoms with Crippen molar-refractivity contribution in [1.29, 1.82) is 5.26 Å². The average Bonchev–Trinajstić information content (AvgIpc) is 2.82. The Bertz CT molecular complexity index is 688. The fraction of sp³-hybridized carbons (Fsp3) is 0.312. The highest BCUT2D eigenvalue weighted by molar-refractivity contribution is 6.21. The summed E-state index contributed by atoms with van der Waals surface area (Å²) >= 11 is 0. The van der Waals surface area contributed by atoms with E-state index in [-0.39, 0.29) is 38.4 Å². The molecule has 4 amide bonds. The molecule has 0 aromatic heterocycles. The van der Waals surface area contributed by atoms with E-state index < -0.39 is 17.7 Å². The van der Waals surface area contributed by atoms with Gasteiger partial charge in [-0.1, -0.05) is 12.1 Å². The zero-order chi connectivity index (χ0) is 17.5. The molecule has 8 nitrogen and oxygen atoms in total. The highest BCUT2D eigenvalue weighted by atomic mass is 16.2. The smallest absolute Gasteiger partial charge is 0.261 e. The minimum Gasteiger partial charge on any atom is -0.354 e. The molecule has 0 radical (unpaired) electrons. The van der Waals surface area contributed by atoms with Gasteiger partial charge in [-0.25, -0.2) is 0 Å². The molecule has 0 aliphatic carbocycles. The van der Waals surface area contributed by atoms with Gasteiger partial charge < -0.3 is 10.6 Å². The number of imide groups is 1. The second-order valence-corrected chi connectivity index (χ2v) is 5.09.